The molecule has 0 aromatic rings. The summed E-state index contributed by atoms with van der Waals surface area (Å²) in [5, 5.41) is 0. The predicted octanol–water partition coefficient (Wildman–Crippen LogP) is 13.4. The maximum atomic E-state index is 12.7. The summed E-state index contributed by atoms with van der Waals surface area (Å²) in [6.45, 7) is 4.10. The molecule has 0 aliphatic heterocycles. The second kappa shape index (κ2) is 43.3. The fraction of sp³-hybridized carbons (Fsp3) is 0.673. The van der Waals surface area contributed by atoms with Crippen molar-refractivity contribution in [3.8, 4) is 0 Å². The molecule has 10 heteroatoms. The molecule has 0 rings (SSSR count). The van der Waals surface area contributed by atoms with Gasteiger partial charge >= 0.3 is 19.8 Å². The number of carbonyl (C=O) groups is 2. The molecule has 0 saturated heterocycles. The van der Waals surface area contributed by atoms with Gasteiger partial charge in [-0.2, -0.15) is 0 Å². The third kappa shape index (κ3) is 44.6. The first-order valence-corrected chi connectivity index (χ1v) is 24.4. The average molecular weight is 846 g/mol. The van der Waals surface area contributed by atoms with Gasteiger partial charge in [-0.15, -0.1) is 0 Å². The molecular formula is C49H84NO8P. The molecule has 0 spiro atoms. The molecule has 1 N–H and O–H groups in total. The van der Waals surface area contributed by atoms with Crippen LogP contribution in [0.5, 0.6) is 0 Å². The number of hydrogen-bond acceptors (Lipinski definition) is 8. The second-order valence-corrected chi connectivity index (χ2v) is 16.6. The molecule has 0 aliphatic rings. The third-order valence-electron chi connectivity index (χ3n) is 9.19. The van der Waals surface area contributed by atoms with E-state index in [-0.39, 0.29) is 26.1 Å². The van der Waals surface area contributed by atoms with E-state index in [1.165, 1.54) is 57.8 Å². The van der Waals surface area contributed by atoms with Gasteiger partial charge in [0.25, 0.3) is 0 Å². The largest absolute Gasteiger partial charge is 0.472 e. The van der Waals surface area contributed by atoms with Crippen LogP contribution in [0.1, 0.15) is 168 Å². The van der Waals surface area contributed by atoms with Crippen LogP contribution in [-0.4, -0.2) is 68.3 Å². The van der Waals surface area contributed by atoms with Gasteiger partial charge in [0.05, 0.1) is 13.2 Å². The standard InChI is InChI=1S/C49H84NO8P/c1-5-7-9-11-13-15-17-19-21-23-24-26-27-29-31-33-35-37-39-41-48(51)55-45-47(46-57-59(53,54)56-44-43-50(3)4)58-49(52)42-40-38-36-34-32-30-28-25-22-20-18-16-14-12-10-8-6-2/h8,10,13-16,19-22,28,30,34,36,47H,5-7,9,11-12,17-18,23-27,29,31-33,35,37-46H2,1-4H3,(H,53,54)/b10-8-,15-13-,16-14-,21-19-,22-20-,30-28-,36-34-. The van der Waals surface area contributed by atoms with E-state index in [1.54, 1.807) is 4.90 Å². The molecule has 338 valence electrons. The Morgan fingerprint density at radius 3 is 1.49 bits per heavy atom. The van der Waals surface area contributed by atoms with E-state index in [2.05, 4.69) is 92.8 Å². The van der Waals surface area contributed by atoms with Gasteiger partial charge < -0.3 is 19.3 Å². The lowest BCUT2D eigenvalue weighted by Crippen LogP contribution is -2.29. The van der Waals surface area contributed by atoms with Crippen LogP contribution in [0, 0.1) is 0 Å². The molecule has 0 bridgehead atoms. The van der Waals surface area contributed by atoms with Crippen molar-refractivity contribution in [1.29, 1.82) is 0 Å². The van der Waals surface area contributed by atoms with Gasteiger partial charge in [-0.3, -0.25) is 18.6 Å². The molecule has 9 nitrogen and oxygen atoms in total. The summed E-state index contributed by atoms with van der Waals surface area (Å²) in [5.41, 5.74) is 0. The highest BCUT2D eigenvalue weighted by molar-refractivity contribution is 7.47. The van der Waals surface area contributed by atoms with Crippen LogP contribution in [0.4, 0.5) is 0 Å². The van der Waals surface area contributed by atoms with Gasteiger partial charge in [0, 0.05) is 19.4 Å². The van der Waals surface area contributed by atoms with Crippen LogP contribution in [0.15, 0.2) is 85.1 Å². The summed E-state index contributed by atoms with van der Waals surface area (Å²) < 4.78 is 33.4. The lowest BCUT2D eigenvalue weighted by Gasteiger charge is -2.20. The van der Waals surface area contributed by atoms with Crippen molar-refractivity contribution in [3.05, 3.63) is 85.1 Å². The average Bonchev–Trinajstić information content (AvgIpc) is 3.20. The summed E-state index contributed by atoms with van der Waals surface area (Å²) in [7, 11) is -0.753. The highest BCUT2D eigenvalue weighted by Gasteiger charge is 2.26. The van der Waals surface area contributed by atoms with Crippen molar-refractivity contribution in [2.75, 3.05) is 40.5 Å². The predicted molar refractivity (Wildman–Crippen MR) is 247 cm³/mol. The zero-order chi connectivity index (χ0) is 43.3. The van der Waals surface area contributed by atoms with Gasteiger partial charge in [-0.1, -0.05) is 157 Å². The van der Waals surface area contributed by atoms with Crippen LogP contribution >= 0.6 is 7.82 Å². The molecule has 0 aliphatic carbocycles. The molecule has 0 saturated carbocycles. The van der Waals surface area contributed by atoms with E-state index < -0.39 is 32.5 Å². The topological polar surface area (TPSA) is 112 Å². The van der Waals surface area contributed by atoms with Gasteiger partial charge in [0.2, 0.25) is 0 Å². The van der Waals surface area contributed by atoms with Crippen LogP contribution in [0.3, 0.4) is 0 Å². The molecule has 0 aromatic carbocycles. The van der Waals surface area contributed by atoms with E-state index in [4.69, 9.17) is 18.5 Å². The van der Waals surface area contributed by atoms with Crippen molar-refractivity contribution in [1.82, 2.24) is 4.90 Å². The monoisotopic (exact) mass is 846 g/mol. The summed E-state index contributed by atoms with van der Waals surface area (Å²) in [6.07, 6.45) is 53.5. The number of phosphoric ester groups is 1. The Labute approximate surface area is 360 Å². The third-order valence-corrected chi connectivity index (χ3v) is 10.2. The first kappa shape index (κ1) is 56.2. The van der Waals surface area contributed by atoms with Crippen molar-refractivity contribution < 1.29 is 37.6 Å². The Morgan fingerprint density at radius 2 is 0.983 bits per heavy atom. The molecule has 0 amide bonds. The number of allylic oxidation sites excluding steroid dienone is 14. The fourth-order valence-electron chi connectivity index (χ4n) is 5.69. The Balaban J connectivity index is 4.36. The minimum atomic E-state index is -4.39. The SMILES string of the molecule is CC/C=C\C/C=C\C/C=C\C/C=C\C/C=C\CCCC(=O)OC(COC(=O)CCCCCCCCCCC/C=C\C/C=C\CCCCC)COP(=O)(O)OCCN(C)C. The molecule has 0 aromatic heterocycles. The quantitative estimate of drug-likeness (QED) is 0.0278. The van der Waals surface area contributed by atoms with Crippen molar-refractivity contribution in [3.63, 3.8) is 0 Å². The molecule has 0 heterocycles. The van der Waals surface area contributed by atoms with Crippen molar-refractivity contribution >= 4 is 19.8 Å². The van der Waals surface area contributed by atoms with E-state index in [9.17, 15) is 19.0 Å². The summed E-state index contributed by atoms with van der Waals surface area (Å²) in [4.78, 5) is 37.1. The number of carbonyl (C=O) groups excluding carboxylic acids is 2. The van der Waals surface area contributed by atoms with E-state index >= 15 is 0 Å². The maximum absolute atomic E-state index is 12.7. The number of esters is 2. The maximum Gasteiger partial charge on any atom is 0.472 e. The Bertz CT molecular complexity index is 1250. The fourth-order valence-corrected chi connectivity index (χ4v) is 6.43. The number of ether oxygens (including phenoxy) is 2. The minimum absolute atomic E-state index is 0.00834. The second-order valence-electron chi connectivity index (χ2n) is 15.2. The van der Waals surface area contributed by atoms with Gasteiger partial charge in [-0.05, 0) is 97.6 Å². The molecular weight excluding hydrogens is 762 g/mol. The number of hydrogen-bond donors (Lipinski definition) is 1. The van der Waals surface area contributed by atoms with E-state index in [0.29, 0.717) is 19.4 Å². The Kier molecular flexibility index (Phi) is 41.2. The zero-order valence-electron chi connectivity index (χ0n) is 37.7. The highest BCUT2D eigenvalue weighted by atomic mass is 31.2. The smallest absolute Gasteiger partial charge is 0.462 e. The number of likely N-dealkylation sites (N-methyl/N-ethyl adjacent to an activating group) is 1. The van der Waals surface area contributed by atoms with Crippen LogP contribution in [0.25, 0.3) is 0 Å². The number of phosphoric acid groups is 1. The van der Waals surface area contributed by atoms with Crippen molar-refractivity contribution in [2.45, 2.75) is 174 Å². The molecule has 59 heavy (non-hydrogen) atoms. The molecule has 2 unspecified atom stereocenters. The normalized spacial score (nSPS) is 14.1. The first-order valence-electron chi connectivity index (χ1n) is 22.9. The van der Waals surface area contributed by atoms with Crippen molar-refractivity contribution in [2.24, 2.45) is 0 Å². The Morgan fingerprint density at radius 1 is 0.542 bits per heavy atom. The first-order chi connectivity index (χ1) is 28.7. The van der Waals surface area contributed by atoms with E-state index in [0.717, 1.165) is 70.6 Å². The van der Waals surface area contributed by atoms with Crippen LogP contribution in [-0.2, 0) is 32.7 Å². The number of unbranched alkanes of at least 4 members (excludes halogenated alkanes) is 13. The van der Waals surface area contributed by atoms with Gasteiger partial charge in [0.15, 0.2) is 6.10 Å². The number of nitrogens with zero attached hydrogens (tertiary/aromatic N) is 1. The zero-order valence-corrected chi connectivity index (χ0v) is 38.6. The van der Waals surface area contributed by atoms with Crippen LogP contribution < -0.4 is 0 Å². The summed E-state index contributed by atoms with van der Waals surface area (Å²) >= 11 is 0. The lowest BCUT2D eigenvalue weighted by molar-refractivity contribution is -0.161. The summed E-state index contributed by atoms with van der Waals surface area (Å²) in [5.74, 6) is -0.882. The Hall–Kier alpha value is -2.81. The lowest BCUT2D eigenvalue weighted by atomic mass is 10.1. The van der Waals surface area contributed by atoms with Crippen LogP contribution in [0.2, 0.25) is 0 Å². The minimum Gasteiger partial charge on any atom is -0.462 e. The highest BCUT2D eigenvalue weighted by Crippen LogP contribution is 2.43. The number of rotatable bonds is 41. The molecule has 0 radical (unpaired) electrons. The van der Waals surface area contributed by atoms with Gasteiger partial charge in [0.1, 0.15) is 6.61 Å². The van der Waals surface area contributed by atoms with E-state index in [1.807, 2.05) is 20.2 Å². The molecule has 2 atom stereocenters. The molecule has 0 fully saturated rings. The summed E-state index contributed by atoms with van der Waals surface area (Å²) in [6, 6.07) is 0. The van der Waals surface area contributed by atoms with Gasteiger partial charge in [-0.25, -0.2) is 4.57 Å².